The predicted molar refractivity (Wildman–Crippen MR) is 122 cm³/mol. The Morgan fingerprint density at radius 1 is 1.12 bits per heavy atom. The summed E-state index contributed by atoms with van der Waals surface area (Å²) in [4.78, 5) is 24.0. The van der Waals surface area contributed by atoms with Crippen LogP contribution in [-0.4, -0.2) is 61.9 Å². The molecule has 3 N–H and O–H groups in total. The number of hydrogen-bond acceptors (Lipinski definition) is 6. The fourth-order valence-electron chi connectivity index (χ4n) is 3.51. The lowest BCUT2D eigenvalue weighted by molar-refractivity contribution is -0.127. The molecule has 9 nitrogen and oxygen atoms in total. The molecule has 2 unspecified atom stereocenters. The molecule has 10 heteroatoms. The van der Waals surface area contributed by atoms with Gasteiger partial charge >= 0.3 is 0 Å². The Balaban J connectivity index is 1.75. The van der Waals surface area contributed by atoms with Crippen LogP contribution in [0.1, 0.15) is 31.2 Å². The van der Waals surface area contributed by atoms with Crippen LogP contribution in [0.25, 0.3) is 0 Å². The minimum atomic E-state index is -3.93. The molecule has 3 rings (SSSR count). The van der Waals surface area contributed by atoms with Crippen molar-refractivity contribution < 1.29 is 27.5 Å². The molecule has 1 heterocycles. The highest BCUT2D eigenvalue weighted by molar-refractivity contribution is 7.89. The number of nitrogens with one attached hydrogen (secondary N) is 2. The molecule has 1 aliphatic rings. The summed E-state index contributed by atoms with van der Waals surface area (Å²) in [5.41, 5.74) is 0.885. The molecule has 1 aromatic heterocycles. The SMILES string of the molecule is CNC(=O)CCC(=O)NC(Cc1ccccc1)C(O)CN(CC1CC1)S(=O)(=O)c1ccco1. The van der Waals surface area contributed by atoms with Gasteiger partial charge in [0, 0.05) is 33.0 Å². The van der Waals surface area contributed by atoms with E-state index in [1.807, 2.05) is 30.3 Å². The minimum Gasteiger partial charge on any atom is -0.452 e. The van der Waals surface area contributed by atoms with Crippen molar-refractivity contribution in [3.8, 4) is 0 Å². The molecule has 1 aromatic carbocycles. The van der Waals surface area contributed by atoms with Crippen LogP contribution in [-0.2, 0) is 26.0 Å². The van der Waals surface area contributed by atoms with E-state index in [4.69, 9.17) is 4.42 Å². The number of benzene rings is 1. The van der Waals surface area contributed by atoms with Crippen molar-refractivity contribution in [2.75, 3.05) is 20.1 Å². The molecule has 2 atom stereocenters. The van der Waals surface area contributed by atoms with Gasteiger partial charge in [-0.25, -0.2) is 8.42 Å². The standard InChI is InChI=1S/C23H31N3O6S/c1-24-21(28)11-12-22(29)25-19(14-17-6-3-2-4-7-17)20(27)16-26(15-18-9-10-18)33(30,31)23-8-5-13-32-23/h2-8,13,18-20,27H,9-12,14-16H2,1H3,(H,24,28)(H,25,29). The van der Waals surface area contributed by atoms with Crippen molar-refractivity contribution in [3.05, 3.63) is 54.3 Å². The number of aliphatic hydroxyl groups is 1. The predicted octanol–water partition coefficient (Wildman–Crippen LogP) is 1.29. The lowest BCUT2D eigenvalue weighted by atomic mass is 10.0. The third kappa shape index (κ3) is 7.41. The second kappa shape index (κ2) is 11.4. The number of amides is 2. The topological polar surface area (TPSA) is 129 Å². The van der Waals surface area contributed by atoms with E-state index in [9.17, 15) is 23.1 Å². The van der Waals surface area contributed by atoms with E-state index in [0.29, 0.717) is 6.42 Å². The summed E-state index contributed by atoms with van der Waals surface area (Å²) in [5, 5.41) is 16.2. The number of nitrogens with zero attached hydrogens (tertiary/aromatic N) is 1. The molecule has 0 aliphatic heterocycles. The number of sulfonamides is 1. The van der Waals surface area contributed by atoms with E-state index >= 15 is 0 Å². The molecular weight excluding hydrogens is 446 g/mol. The van der Waals surface area contributed by atoms with Gasteiger partial charge in [-0.3, -0.25) is 9.59 Å². The maximum Gasteiger partial charge on any atom is 0.276 e. The lowest BCUT2D eigenvalue weighted by Gasteiger charge is -2.29. The first-order valence-corrected chi connectivity index (χ1v) is 12.5. The summed E-state index contributed by atoms with van der Waals surface area (Å²) in [6, 6.07) is 11.5. The molecule has 1 saturated carbocycles. The smallest absolute Gasteiger partial charge is 0.276 e. The van der Waals surface area contributed by atoms with Crippen LogP contribution in [0.15, 0.2) is 58.2 Å². The maximum atomic E-state index is 13.1. The monoisotopic (exact) mass is 477 g/mol. The van der Waals surface area contributed by atoms with E-state index < -0.39 is 22.2 Å². The summed E-state index contributed by atoms with van der Waals surface area (Å²) in [6.07, 6.45) is 2.30. The van der Waals surface area contributed by atoms with Crippen LogP contribution in [0, 0.1) is 5.92 Å². The Morgan fingerprint density at radius 2 is 1.82 bits per heavy atom. The van der Waals surface area contributed by atoms with Crippen LogP contribution >= 0.6 is 0 Å². The van der Waals surface area contributed by atoms with Crippen LogP contribution < -0.4 is 10.6 Å². The van der Waals surface area contributed by atoms with E-state index in [2.05, 4.69) is 10.6 Å². The Labute approximate surface area is 194 Å². The Kier molecular flexibility index (Phi) is 8.65. The Bertz CT molecular complexity index is 1010. The van der Waals surface area contributed by atoms with Crippen LogP contribution in [0.3, 0.4) is 0 Å². The Morgan fingerprint density at radius 3 is 2.42 bits per heavy atom. The van der Waals surface area contributed by atoms with Gasteiger partial charge in [0.1, 0.15) is 0 Å². The van der Waals surface area contributed by atoms with Crippen molar-refractivity contribution in [1.29, 1.82) is 0 Å². The van der Waals surface area contributed by atoms with Gasteiger partial charge in [-0.05, 0) is 42.9 Å². The third-order valence-electron chi connectivity index (χ3n) is 5.61. The van der Waals surface area contributed by atoms with Crippen molar-refractivity contribution >= 4 is 21.8 Å². The van der Waals surface area contributed by atoms with Gasteiger partial charge in [-0.15, -0.1) is 0 Å². The maximum absolute atomic E-state index is 13.1. The van der Waals surface area contributed by atoms with Crippen LogP contribution in [0.5, 0.6) is 0 Å². The number of hydrogen-bond donors (Lipinski definition) is 3. The van der Waals surface area contributed by atoms with Crippen molar-refractivity contribution in [2.24, 2.45) is 5.92 Å². The molecule has 0 bridgehead atoms. The summed E-state index contributed by atoms with van der Waals surface area (Å²) < 4.78 is 32.6. The number of furan rings is 1. The van der Waals surface area contributed by atoms with E-state index in [1.54, 1.807) is 0 Å². The summed E-state index contributed by atoms with van der Waals surface area (Å²) in [7, 11) is -2.43. The number of rotatable bonds is 13. The normalized spacial score (nSPS) is 15.7. The molecule has 2 aromatic rings. The number of carbonyl (C=O) groups excluding carboxylic acids is 2. The first-order chi connectivity index (χ1) is 15.8. The zero-order valence-corrected chi connectivity index (χ0v) is 19.5. The largest absolute Gasteiger partial charge is 0.452 e. The molecule has 1 aliphatic carbocycles. The van der Waals surface area contributed by atoms with E-state index in [1.165, 1.54) is 29.7 Å². The van der Waals surface area contributed by atoms with Gasteiger partial charge in [0.15, 0.2) is 0 Å². The highest BCUT2D eigenvalue weighted by Crippen LogP contribution is 2.32. The van der Waals surface area contributed by atoms with E-state index in [0.717, 1.165) is 18.4 Å². The fraction of sp³-hybridized carbons (Fsp3) is 0.478. The number of carbonyl (C=O) groups is 2. The number of aliphatic hydroxyl groups excluding tert-OH is 1. The second-order valence-corrected chi connectivity index (χ2v) is 10.2. The highest BCUT2D eigenvalue weighted by Gasteiger charge is 2.36. The second-order valence-electron chi connectivity index (χ2n) is 8.30. The summed E-state index contributed by atoms with van der Waals surface area (Å²) in [5.74, 6) is -0.400. The van der Waals surface area contributed by atoms with Crippen molar-refractivity contribution in [2.45, 2.75) is 49.3 Å². The average Bonchev–Trinajstić information content (AvgIpc) is 3.44. The van der Waals surface area contributed by atoms with Gasteiger partial charge in [0.05, 0.1) is 18.4 Å². The average molecular weight is 478 g/mol. The first kappa shape index (κ1) is 24.9. The third-order valence-corrected chi connectivity index (χ3v) is 7.32. The zero-order chi connectivity index (χ0) is 23.8. The molecule has 0 saturated heterocycles. The van der Waals surface area contributed by atoms with Gasteiger partial charge in [-0.2, -0.15) is 4.31 Å². The highest BCUT2D eigenvalue weighted by atomic mass is 32.2. The Hall–Kier alpha value is -2.69. The van der Waals surface area contributed by atoms with Crippen molar-refractivity contribution in [1.82, 2.24) is 14.9 Å². The van der Waals surface area contributed by atoms with Gasteiger partial charge in [0.2, 0.25) is 16.9 Å². The zero-order valence-electron chi connectivity index (χ0n) is 18.6. The molecule has 2 amide bonds. The van der Waals surface area contributed by atoms with Crippen molar-refractivity contribution in [3.63, 3.8) is 0 Å². The van der Waals surface area contributed by atoms with E-state index in [-0.39, 0.29) is 48.8 Å². The molecule has 0 spiro atoms. The molecular formula is C23H31N3O6S. The minimum absolute atomic E-state index is 0.0250. The van der Waals surface area contributed by atoms with Gasteiger partial charge < -0.3 is 20.2 Å². The fourth-order valence-corrected chi connectivity index (χ4v) is 4.95. The van der Waals surface area contributed by atoms with Gasteiger partial charge in [-0.1, -0.05) is 30.3 Å². The lowest BCUT2D eigenvalue weighted by Crippen LogP contribution is -2.51. The summed E-state index contributed by atoms with van der Waals surface area (Å²) in [6.45, 7) is 0.0928. The molecule has 0 radical (unpaired) electrons. The molecule has 33 heavy (non-hydrogen) atoms. The summed E-state index contributed by atoms with van der Waals surface area (Å²) >= 11 is 0. The van der Waals surface area contributed by atoms with Crippen LogP contribution in [0.2, 0.25) is 0 Å². The molecule has 1 fully saturated rings. The van der Waals surface area contributed by atoms with Gasteiger partial charge in [0.25, 0.3) is 10.0 Å². The van der Waals surface area contributed by atoms with Crippen LogP contribution in [0.4, 0.5) is 0 Å². The first-order valence-electron chi connectivity index (χ1n) is 11.0. The molecule has 180 valence electrons. The quantitative estimate of drug-likeness (QED) is 0.399.